The van der Waals surface area contributed by atoms with Crippen LogP contribution < -0.4 is 0 Å². The summed E-state index contributed by atoms with van der Waals surface area (Å²) < 4.78 is 25.7. The summed E-state index contributed by atoms with van der Waals surface area (Å²) in [5, 5.41) is 0. The molecule has 0 aromatic heterocycles. The van der Waals surface area contributed by atoms with Crippen molar-refractivity contribution >= 4 is 39.3 Å². The number of alkyl halides is 2. The van der Waals surface area contributed by atoms with Gasteiger partial charge in [0.1, 0.15) is 4.87 Å². The van der Waals surface area contributed by atoms with Gasteiger partial charge in [0.2, 0.25) is 0 Å². The Hall–Kier alpha value is -0.0400. The third kappa shape index (κ3) is 2.28. The summed E-state index contributed by atoms with van der Waals surface area (Å²) in [7, 11) is -1.03. The summed E-state index contributed by atoms with van der Waals surface area (Å²) in [6.45, 7) is 1.79. The van der Waals surface area contributed by atoms with Gasteiger partial charge in [0.25, 0.3) is 5.91 Å². The number of amides is 1. The fraction of sp³-hybridized carbons (Fsp3) is 0.889. The summed E-state index contributed by atoms with van der Waals surface area (Å²) in [4.78, 5) is 10.9. The average Bonchev–Trinajstić information content (AvgIpc) is 2.53. The molecule has 0 aliphatic carbocycles. The quantitative estimate of drug-likeness (QED) is 0.724. The minimum absolute atomic E-state index is 0.0419. The Balaban J connectivity index is 3.15. The lowest BCUT2D eigenvalue weighted by molar-refractivity contribution is -0.126. The molecule has 1 amide bonds. The Labute approximate surface area is 112 Å². The van der Waals surface area contributed by atoms with Crippen molar-refractivity contribution in [2.24, 2.45) is 5.92 Å². The molecular weight excluding hydrogens is 287 g/mol. The molecule has 0 saturated carbocycles. The molecule has 1 rings (SSSR count). The van der Waals surface area contributed by atoms with E-state index in [0.717, 1.165) is 8.61 Å². The maximum Gasteiger partial charge on any atom is 0.305 e. The monoisotopic (exact) mass is 302 g/mol. The molecule has 5 nitrogen and oxygen atoms in total. The summed E-state index contributed by atoms with van der Waals surface area (Å²) >= 11 is 12.0. The van der Waals surface area contributed by atoms with Crippen LogP contribution in [0.3, 0.4) is 0 Å². The van der Waals surface area contributed by atoms with Gasteiger partial charge in [-0.3, -0.25) is 4.79 Å². The SMILES string of the molecule is CC[C@]1(Cl)C(=O)N(S(=O)(=O)N(C)C)CC1CCl. The van der Waals surface area contributed by atoms with Crippen LogP contribution in [0.2, 0.25) is 0 Å². The van der Waals surface area contributed by atoms with Gasteiger partial charge >= 0.3 is 10.2 Å². The largest absolute Gasteiger partial charge is 0.305 e. The Morgan fingerprint density at radius 2 is 2.06 bits per heavy atom. The van der Waals surface area contributed by atoms with Gasteiger partial charge in [0.15, 0.2) is 0 Å². The molecule has 0 N–H and O–H groups in total. The van der Waals surface area contributed by atoms with Crippen molar-refractivity contribution in [2.45, 2.75) is 18.2 Å². The first-order valence-corrected chi connectivity index (χ1v) is 7.52. The van der Waals surface area contributed by atoms with E-state index in [1.54, 1.807) is 6.92 Å². The Morgan fingerprint density at radius 1 is 1.53 bits per heavy atom. The molecule has 1 unspecified atom stereocenters. The number of carbonyl (C=O) groups is 1. The first-order valence-electron chi connectivity index (χ1n) is 5.21. The van der Waals surface area contributed by atoms with E-state index in [1.807, 2.05) is 0 Å². The van der Waals surface area contributed by atoms with Crippen LogP contribution in [0, 0.1) is 5.92 Å². The second kappa shape index (κ2) is 4.91. The van der Waals surface area contributed by atoms with Crippen LogP contribution >= 0.6 is 23.2 Å². The molecule has 0 aromatic rings. The first-order chi connectivity index (χ1) is 7.71. The number of hydrogen-bond acceptors (Lipinski definition) is 3. The Bertz CT molecular complexity index is 412. The maximum absolute atomic E-state index is 12.1. The average molecular weight is 303 g/mol. The standard InChI is InChI=1S/C9H16Cl2N2O3S/c1-4-9(11)7(5-10)6-13(8(9)14)17(15,16)12(2)3/h7H,4-6H2,1-3H3/t7?,9-/m1/s1. The van der Waals surface area contributed by atoms with E-state index >= 15 is 0 Å². The van der Waals surface area contributed by atoms with Crippen molar-refractivity contribution < 1.29 is 13.2 Å². The highest BCUT2D eigenvalue weighted by Gasteiger charge is 2.55. The molecule has 1 saturated heterocycles. The highest BCUT2D eigenvalue weighted by Crippen LogP contribution is 2.40. The number of halogens is 2. The smallest absolute Gasteiger partial charge is 0.272 e. The molecule has 1 heterocycles. The van der Waals surface area contributed by atoms with Crippen molar-refractivity contribution in [1.29, 1.82) is 0 Å². The second-order valence-electron chi connectivity index (χ2n) is 4.19. The van der Waals surface area contributed by atoms with E-state index in [1.165, 1.54) is 14.1 Å². The molecule has 1 aliphatic heterocycles. The first kappa shape index (κ1) is 15.0. The van der Waals surface area contributed by atoms with Gasteiger partial charge < -0.3 is 0 Å². The fourth-order valence-electron chi connectivity index (χ4n) is 1.82. The normalized spacial score (nSPS) is 30.4. The van der Waals surface area contributed by atoms with E-state index in [2.05, 4.69) is 0 Å². The highest BCUT2D eigenvalue weighted by atomic mass is 35.5. The van der Waals surface area contributed by atoms with Crippen molar-refractivity contribution in [3.8, 4) is 0 Å². The third-order valence-electron chi connectivity index (χ3n) is 3.06. The third-order valence-corrected chi connectivity index (χ3v) is 5.96. The van der Waals surface area contributed by atoms with Crippen molar-refractivity contribution in [1.82, 2.24) is 8.61 Å². The summed E-state index contributed by atoms with van der Waals surface area (Å²) in [5.41, 5.74) is 0. The van der Waals surface area contributed by atoms with Crippen LogP contribution in [-0.4, -0.2) is 54.3 Å². The van der Waals surface area contributed by atoms with Gasteiger partial charge in [-0.1, -0.05) is 6.92 Å². The van der Waals surface area contributed by atoms with Crippen LogP contribution in [-0.2, 0) is 15.0 Å². The van der Waals surface area contributed by atoms with Crippen molar-refractivity contribution in [3.05, 3.63) is 0 Å². The molecule has 0 radical (unpaired) electrons. The lowest BCUT2D eigenvalue weighted by Gasteiger charge is -2.23. The van der Waals surface area contributed by atoms with Crippen molar-refractivity contribution in [2.75, 3.05) is 26.5 Å². The minimum Gasteiger partial charge on any atom is -0.272 e. The topological polar surface area (TPSA) is 57.7 Å². The van der Waals surface area contributed by atoms with E-state index in [4.69, 9.17) is 23.2 Å². The van der Waals surface area contributed by atoms with Gasteiger partial charge in [0.05, 0.1) is 0 Å². The lowest BCUT2D eigenvalue weighted by atomic mass is 9.94. The molecular formula is C9H16Cl2N2O3S. The molecule has 0 bridgehead atoms. The summed E-state index contributed by atoms with van der Waals surface area (Å²) in [6, 6.07) is 0. The van der Waals surface area contributed by atoms with E-state index in [-0.39, 0.29) is 18.3 Å². The molecule has 8 heteroatoms. The van der Waals surface area contributed by atoms with E-state index in [9.17, 15) is 13.2 Å². The highest BCUT2D eigenvalue weighted by molar-refractivity contribution is 7.87. The minimum atomic E-state index is -3.78. The second-order valence-corrected chi connectivity index (χ2v) is 7.24. The Morgan fingerprint density at radius 3 is 2.35 bits per heavy atom. The molecule has 1 aliphatic rings. The molecule has 17 heavy (non-hydrogen) atoms. The molecule has 2 atom stereocenters. The number of carbonyl (C=O) groups excluding carboxylic acids is 1. The van der Waals surface area contributed by atoms with E-state index in [0.29, 0.717) is 6.42 Å². The lowest BCUT2D eigenvalue weighted by Crippen LogP contribution is -2.44. The zero-order chi connectivity index (χ0) is 13.4. The van der Waals surface area contributed by atoms with Crippen LogP contribution in [0.1, 0.15) is 13.3 Å². The summed E-state index contributed by atoms with van der Waals surface area (Å²) in [6.07, 6.45) is 0.351. The molecule has 100 valence electrons. The predicted molar refractivity (Wildman–Crippen MR) is 67.4 cm³/mol. The van der Waals surface area contributed by atoms with Gasteiger partial charge in [-0.05, 0) is 6.42 Å². The van der Waals surface area contributed by atoms with Gasteiger partial charge in [-0.2, -0.15) is 12.7 Å². The van der Waals surface area contributed by atoms with Crippen LogP contribution in [0.4, 0.5) is 0 Å². The molecule has 1 fully saturated rings. The van der Waals surface area contributed by atoms with Gasteiger partial charge in [-0.15, -0.1) is 23.2 Å². The molecule has 0 spiro atoms. The van der Waals surface area contributed by atoms with E-state index < -0.39 is 21.0 Å². The van der Waals surface area contributed by atoms with Crippen molar-refractivity contribution in [3.63, 3.8) is 0 Å². The number of rotatable bonds is 4. The number of hydrogen-bond donors (Lipinski definition) is 0. The number of nitrogens with zero attached hydrogens (tertiary/aromatic N) is 2. The van der Waals surface area contributed by atoms with Gasteiger partial charge in [0, 0.05) is 32.4 Å². The van der Waals surface area contributed by atoms with Crippen LogP contribution in [0.15, 0.2) is 0 Å². The Kier molecular flexibility index (Phi) is 4.34. The van der Waals surface area contributed by atoms with Gasteiger partial charge in [-0.25, -0.2) is 4.31 Å². The van der Waals surface area contributed by atoms with Crippen LogP contribution in [0.25, 0.3) is 0 Å². The predicted octanol–water partition coefficient (Wildman–Crippen LogP) is 0.878. The molecule has 0 aromatic carbocycles. The zero-order valence-corrected chi connectivity index (χ0v) is 12.3. The zero-order valence-electron chi connectivity index (χ0n) is 9.98. The maximum atomic E-state index is 12.1. The fourth-order valence-corrected chi connectivity index (χ4v) is 3.69. The van der Waals surface area contributed by atoms with Crippen LogP contribution in [0.5, 0.6) is 0 Å². The summed E-state index contributed by atoms with van der Waals surface area (Å²) in [5.74, 6) is -0.790.